The maximum Gasteiger partial charge on any atom is 0.141 e. The van der Waals surface area contributed by atoms with E-state index in [1.54, 1.807) is 10.9 Å². The van der Waals surface area contributed by atoms with Crippen molar-refractivity contribution in [2.24, 2.45) is 11.8 Å². The summed E-state index contributed by atoms with van der Waals surface area (Å²) in [7, 11) is 0. The number of aromatic nitrogens is 8. The average molecular weight is 549 g/mol. The molecule has 0 aliphatic heterocycles. The topological polar surface area (TPSA) is 107 Å². The molecule has 37 heavy (non-hydrogen) atoms. The van der Waals surface area contributed by atoms with Crippen LogP contribution < -0.4 is 0 Å². The molecule has 0 aromatic carbocycles. The highest BCUT2D eigenvalue weighted by atomic mass is 35.5. The molecule has 9 nitrogen and oxygen atoms in total. The lowest BCUT2D eigenvalue weighted by Crippen LogP contribution is -2.03. The monoisotopic (exact) mass is 548 g/mol. The lowest BCUT2D eigenvalue weighted by Gasteiger charge is -2.08. The van der Waals surface area contributed by atoms with Gasteiger partial charge in [0, 0.05) is 31.3 Å². The first-order chi connectivity index (χ1) is 17.8. The van der Waals surface area contributed by atoms with Gasteiger partial charge < -0.3 is 5.11 Å². The molecule has 4 aromatic heterocycles. The number of aliphatic hydroxyl groups excluding tert-OH is 1. The van der Waals surface area contributed by atoms with Gasteiger partial charge in [0.15, 0.2) is 0 Å². The minimum absolute atomic E-state index is 0.0608. The summed E-state index contributed by atoms with van der Waals surface area (Å²) in [5, 5.41) is 26.5. The van der Waals surface area contributed by atoms with Gasteiger partial charge in [0.2, 0.25) is 0 Å². The molecule has 2 aliphatic carbocycles. The summed E-state index contributed by atoms with van der Waals surface area (Å²) in [5.74, 6) is 0.466. The van der Waals surface area contributed by atoms with Crippen molar-refractivity contribution in [3.8, 4) is 0 Å². The number of hydrogen-bond donors (Lipinski definition) is 1. The van der Waals surface area contributed by atoms with Crippen LogP contribution in [0.2, 0.25) is 10.3 Å². The number of hydrogen-bond acceptors (Lipinski definition) is 7. The van der Waals surface area contributed by atoms with E-state index >= 15 is 0 Å². The van der Waals surface area contributed by atoms with Crippen LogP contribution in [0.3, 0.4) is 0 Å². The molecule has 1 N–H and O–H groups in total. The Morgan fingerprint density at radius 1 is 0.865 bits per heavy atom. The highest BCUT2D eigenvalue weighted by Gasteiger charge is 2.24. The minimum atomic E-state index is -1.12. The molecule has 2 saturated carbocycles. The van der Waals surface area contributed by atoms with E-state index < -0.39 is 11.9 Å². The Balaban J connectivity index is 0.000000152. The molecular formula is C24H24Cl2F2N8O. The number of rotatable bonds is 8. The van der Waals surface area contributed by atoms with Gasteiger partial charge >= 0.3 is 0 Å². The summed E-state index contributed by atoms with van der Waals surface area (Å²) < 4.78 is 29.7. The van der Waals surface area contributed by atoms with Gasteiger partial charge in [-0.3, -0.25) is 9.36 Å². The number of nitrogens with zero attached hydrogens (tertiary/aromatic N) is 8. The Kier molecular flexibility index (Phi) is 7.73. The average Bonchev–Trinajstić information content (AvgIpc) is 3.78. The van der Waals surface area contributed by atoms with Gasteiger partial charge in [-0.15, -0.1) is 10.2 Å². The summed E-state index contributed by atoms with van der Waals surface area (Å²) >= 11 is 11.8. The van der Waals surface area contributed by atoms with Gasteiger partial charge in [0.25, 0.3) is 0 Å². The van der Waals surface area contributed by atoms with E-state index in [1.807, 2.05) is 10.9 Å². The van der Waals surface area contributed by atoms with Crippen molar-refractivity contribution in [2.45, 2.75) is 51.3 Å². The summed E-state index contributed by atoms with van der Waals surface area (Å²) in [6.45, 7) is 1.72. The number of pyridine rings is 2. The summed E-state index contributed by atoms with van der Waals surface area (Å²) in [5.41, 5.74) is 1.95. The Morgan fingerprint density at radius 2 is 1.46 bits per heavy atom. The molecule has 0 spiro atoms. The Hall–Kier alpha value is -3.02. The second kappa shape index (κ2) is 11.2. The van der Waals surface area contributed by atoms with Crippen molar-refractivity contribution in [3.05, 3.63) is 81.4 Å². The lowest BCUT2D eigenvalue weighted by molar-refractivity contribution is 0.214. The van der Waals surface area contributed by atoms with Crippen LogP contribution in [0, 0.1) is 23.5 Å². The molecule has 2 aliphatic rings. The first-order valence-corrected chi connectivity index (χ1v) is 12.7. The molecule has 4 heterocycles. The highest BCUT2D eigenvalue weighted by Crippen LogP contribution is 2.31. The van der Waals surface area contributed by atoms with E-state index in [9.17, 15) is 13.9 Å². The van der Waals surface area contributed by atoms with E-state index in [-0.39, 0.29) is 16.5 Å². The predicted molar refractivity (Wildman–Crippen MR) is 131 cm³/mol. The van der Waals surface area contributed by atoms with Crippen LogP contribution in [0.5, 0.6) is 0 Å². The zero-order valence-corrected chi connectivity index (χ0v) is 21.2. The minimum Gasteiger partial charge on any atom is -0.382 e. The van der Waals surface area contributed by atoms with Gasteiger partial charge in [-0.2, -0.15) is 0 Å². The van der Waals surface area contributed by atoms with Gasteiger partial charge in [-0.1, -0.05) is 33.6 Å². The molecule has 0 amide bonds. The largest absolute Gasteiger partial charge is 0.382 e. The van der Waals surface area contributed by atoms with E-state index in [2.05, 4.69) is 30.6 Å². The third-order valence-corrected chi connectivity index (χ3v) is 6.74. The third-order valence-electron chi connectivity index (χ3n) is 6.08. The van der Waals surface area contributed by atoms with Gasteiger partial charge in [0.1, 0.15) is 33.7 Å². The standard InChI is InChI=1S/C12H12ClFN4O.C12H12ClFN4/c13-12-9(3-8(14)4-15-12)11(19)10-6-18(17-16-10)5-7-1-2-7;13-12-9(3-10(14)5-15-12)4-11-7-18(17-16-11)6-8-1-2-8/h3-4,6-7,11,19H,1-2,5H2;3,5,7-8H,1-2,4,6H2. The van der Waals surface area contributed by atoms with E-state index in [4.69, 9.17) is 23.2 Å². The van der Waals surface area contributed by atoms with Crippen molar-refractivity contribution in [2.75, 3.05) is 0 Å². The molecule has 6 rings (SSSR count). The normalized spacial score (nSPS) is 15.8. The molecular weight excluding hydrogens is 525 g/mol. The van der Waals surface area contributed by atoms with Crippen molar-refractivity contribution < 1.29 is 13.9 Å². The predicted octanol–water partition coefficient (Wildman–Crippen LogP) is 4.42. The SMILES string of the molecule is Fc1cnc(Cl)c(Cc2cn(CC3CC3)nn2)c1.OC(c1cn(CC2CC2)nn1)c1cc(F)cnc1Cl. The van der Waals surface area contributed by atoms with Crippen LogP contribution in [0.1, 0.15) is 54.3 Å². The second-order valence-corrected chi connectivity index (χ2v) is 10.1. The number of aliphatic hydroxyl groups is 1. The van der Waals surface area contributed by atoms with E-state index in [0.717, 1.165) is 43.2 Å². The van der Waals surface area contributed by atoms with Crippen LogP contribution in [0.15, 0.2) is 36.9 Å². The first-order valence-electron chi connectivity index (χ1n) is 11.9. The summed E-state index contributed by atoms with van der Waals surface area (Å²) in [6.07, 6.45) is 9.94. The zero-order valence-electron chi connectivity index (χ0n) is 19.7. The smallest absolute Gasteiger partial charge is 0.141 e. The van der Waals surface area contributed by atoms with Crippen molar-refractivity contribution in [3.63, 3.8) is 0 Å². The highest BCUT2D eigenvalue weighted by molar-refractivity contribution is 6.30. The van der Waals surface area contributed by atoms with E-state index in [0.29, 0.717) is 28.7 Å². The molecule has 194 valence electrons. The van der Waals surface area contributed by atoms with Crippen LogP contribution >= 0.6 is 23.2 Å². The molecule has 2 fully saturated rings. The van der Waals surface area contributed by atoms with Crippen molar-refractivity contribution in [1.29, 1.82) is 0 Å². The number of halogens is 4. The first kappa shape index (κ1) is 25.6. The van der Waals surface area contributed by atoms with Gasteiger partial charge in [0.05, 0.1) is 24.3 Å². The third kappa shape index (κ3) is 7.06. The van der Waals surface area contributed by atoms with Gasteiger partial charge in [-0.25, -0.2) is 18.7 Å². The molecule has 0 saturated heterocycles. The molecule has 1 unspecified atom stereocenters. The second-order valence-electron chi connectivity index (χ2n) is 9.40. The van der Waals surface area contributed by atoms with Gasteiger partial charge in [-0.05, 0) is 55.2 Å². The molecule has 1 atom stereocenters. The van der Waals surface area contributed by atoms with Crippen molar-refractivity contribution >= 4 is 23.2 Å². The van der Waals surface area contributed by atoms with E-state index in [1.165, 1.54) is 31.7 Å². The van der Waals surface area contributed by atoms with Crippen LogP contribution in [0.25, 0.3) is 0 Å². The Labute approximate surface area is 221 Å². The molecule has 4 aromatic rings. The van der Waals surface area contributed by atoms with Crippen LogP contribution in [-0.2, 0) is 19.5 Å². The molecule has 0 bridgehead atoms. The Morgan fingerprint density at radius 3 is 2.14 bits per heavy atom. The molecule has 0 radical (unpaired) electrons. The quantitative estimate of drug-likeness (QED) is 0.324. The summed E-state index contributed by atoms with van der Waals surface area (Å²) in [6, 6.07) is 2.54. The van der Waals surface area contributed by atoms with Crippen molar-refractivity contribution in [1.82, 2.24) is 40.0 Å². The zero-order chi connectivity index (χ0) is 25.9. The molecule has 13 heteroatoms. The maximum absolute atomic E-state index is 13.1. The fourth-order valence-corrected chi connectivity index (χ4v) is 4.12. The van der Waals surface area contributed by atoms with Crippen LogP contribution in [0.4, 0.5) is 8.78 Å². The van der Waals surface area contributed by atoms with Crippen LogP contribution in [-0.4, -0.2) is 45.1 Å². The summed E-state index contributed by atoms with van der Waals surface area (Å²) in [4.78, 5) is 7.44. The fraction of sp³-hybridized carbons (Fsp3) is 0.417. The fourth-order valence-electron chi connectivity index (χ4n) is 3.74. The maximum atomic E-state index is 13.1. The lowest BCUT2D eigenvalue weighted by atomic mass is 10.1. The Bertz CT molecular complexity index is 1370.